The van der Waals surface area contributed by atoms with E-state index in [1.165, 1.54) is 10.5 Å². The minimum atomic E-state index is -0.282. The van der Waals surface area contributed by atoms with Gasteiger partial charge in [-0.25, -0.2) is 0 Å². The van der Waals surface area contributed by atoms with Crippen molar-refractivity contribution in [3.8, 4) is 0 Å². The van der Waals surface area contributed by atoms with E-state index < -0.39 is 0 Å². The molecule has 23 heavy (non-hydrogen) atoms. The molecule has 0 radical (unpaired) electrons. The molecule has 0 saturated heterocycles. The second-order valence-electron chi connectivity index (χ2n) is 6.22. The van der Waals surface area contributed by atoms with Crippen molar-refractivity contribution in [2.75, 3.05) is 12.3 Å². The van der Waals surface area contributed by atoms with Crippen molar-refractivity contribution >= 4 is 17.7 Å². The zero-order valence-corrected chi connectivity index (χ0v) is 14.4. The van der Waals surface area contributed by atoms with Gasteiger partial charge in [0.05, 0.1) is 5.41 Å². The number of thioether (sulfide) groups is 1. The molecular formula is C20H23NOS. The van der Waals surface area contributed by atoms with E-state index in [-0.39, 0.29) is 11.3 Å². The Bertz CT molecular complexity index is 647. The standard InChI is InChI=1S/C20H23NOS/c1-16-8-10-18(11-9-16)23-15-14-21-19(22)20(12-5-13-20)17-6-3-2-4-7-17/h2-4,6-11H,5,12-15H2,1H3,(H,21,22). The van der Waals surface area contributed by atoms with Crippen LogP contribution in [0.25, 0.3) is 0 Å². The van der Waals surface area contributed by atoms with Crippen LogP contribution < -0.4 is 5.32 Å². The lowest BCUT2D eigenvalue weighted by atomic mass is 9.64. The number of amides is 1. The third-order valence-electron chi connectivity index (χ3n) is 4.65. The summed E-state index contributed by atoms with van der Waals surface area (Å²) in [6.45, 7) is 2.81. The maximum Gasteiger partial charge on any atom is 0.230 e. The van der Waals surface area contributed by atoms with Crippen LogP contribution in [0.15, 0.2) is 59.5 Å². The molecule has 2 aromatic carbocycles. The Morgan fingerprint density at radius 2 is 1.78 bits per heavy atom. The molecular weight excluding hydrogens is 302 g/mol. The highest BCUT2D eigenvalue weighted by molar-refractivity contribution is 7.99. The molecule has 1 amide bonds. The highest BCUT2D eigenvalue weighted by atomic mass is 32.2. The summed E-state index contributed by atoms with van der Waals surface area (Å²) in [5.41, 5.74) is 2.16. The van der Waals surface area contributed by atoms with E-state index in [9.17, 15) is 4.79 Å². The first kappa shape index (κ1) is 16.1. The average Bonchev–Trinajstić information content (AvgIpc) is 2.53. The molecule has 3 heteroatoms. The van der Waals surface area contributed by atoms with Crippen molar-refractivity contribution < 1.29 is 4.79 Å². The number of aryl methyl sites for hydroxylation is 1. The van der Waals surface area contributed by atoms with E-state index in [2.05, 4.69) is 48.6 Å². The number of hydrogen-bond donors (Lipinski definition) is 1. The zero-order chi connectivity index (χ0) is 16.1. The zero-order valence-electron chi connectivity index (χ0n) is 13.5. The van der Waals surface area contributed by atoms with Crippen LogP contribution >= 0.6 is 11.8 Å². The number of carbonyl (C=O) groups is 1. The van der Waals surface area contributed by atoms with Crippen LogP contribution in [-0.4, -0.2) is 18.2 Å². The summed E-state index contributed by atoms with van der Waals surface area (Å²) in [4.78, 5) is 13.9. The predicted octanol–water partition coefficient (Wildman–Crippen LogP) is 4.33. The smallest absolute Gasteiger partial charge is 0.230 e. The molecule has 3 rings (SSSR count). The van der Waals surface area contributed by atoms with Gasteiger partial charge in [-0.15, -0.1) is 11.8 Å². The maximum atomic E-state index is 12.7. The van der Waals surface area contributed by atoms with Crippen molar-refractivity contribution in [1.82, 2.24) is 5.32 Å². The molecule has 2 aromatic rings. The molecule has 0 aromatic heterocycles. The Balaban J connectivity index is 1.52. The lowest BCUT2D eigenvalue weighted by Gasteiger charge is -2.40. The van der Waals surface area contributed by atoms with Crippen molar-refractivity contribution in [1.29, 1.82) is 0 Å². The highest BCUT2D eigenvalue weighted by Crippen LogP contribution is 2.43. The largest absolute Gasteiger partial charge is 0.354 e. The maximum absolute atomic E-state index is 12.7. The Morgan fingerprint density at radius 1 is 1.09 bits per heavy atom. The van der Waals surface area contributed by atoms with E-state index in [1.54, 1.807) is 11.8 Å². The molecule has 1 aliphatic rings. The second kappa shape index (κ2) is 7.22. The van der Waals surface area contributed by atoms with E-state index in [4.69, 9.17) is 0 Å². The first-order valence-electron chi connectivity index (χ1n) is 8.24. The van der Waals surface area contributed by atoms with E-state index in [1.807, 2.05) is 18.2 Å². The van der Waals surface area contributed by atoms with Gasteiger partial charge in [-0.3, -0.25) is 4.79 Å². The molecule has 0 heterocycles. The van der Waals surface area contributed by atoms with Crippen LogP contribution in [0.5, 0.6) is 0 Å². The number of carbonyl (C=O) groups excluding carboxylic acids is 1. The van der Waals surface area contributed by atoms with Gasteiger partial charge in [0.1, 0.15) is 0 Å². The number of benzene rings is 2. The number of hydrogen-bond acceptors (Lipinski definition) is 2. The number of nitrogens with one attached hydrogen (secondary N) is 1. The van der Waals surface area contributed by atoms with Gasteiger partial charge in [0, 0.05) is 17.2 Å². The molecule has 2 nitrogen and oxygen atoms in total. The average molecular weight is 325 g/mol. The van der Waals surface area contributed by atoms with Gasteiger partial charge in [0.2, 0.25) is 5.91 Å². The van der Waals surface area contributed by atoms with Crippen molar-refractivity contribution in [2.45, 2.75) is 36.5 Å². The normalized spacial score (nSPS) is 15.7. The molecule has 0 spiro atoms. The van der Waals surface area contributed by atoms with Gasteiger partial charge in [-0.1, -0.05) is 54.4 Å². The Labute approximate surface area is 142 Å². The van der Waals surface area contributed by atoms with Crippen LogP contribution in [0.4, 0.5) is 0 Å². The van der Waals surface area contributed by atoms with E-state index >= 15 is 0 Å². The predicted molar refractivity (Wildman–Crippen MR) is 96.9 cm³/mol. The lowest BCUT2D eigenvalue weighted by Crippen LogP contribution is -2.49. The molecule has 120 valence electrons. The van der Waals surface area contributed by atoms with Gasteiger partial charge in [0.25, 0.3) is 0 Å². The molecule has 0 unspecified atom stereocenters. The van der Waals surface area contributed by atoms with E-state index in [0.29, 0.717) is 6.54 Å². The topological polar surface area (TPSA) is 29.1 Å². The fourth-order valence-electron chi connectivity index (χ4n) is 3.07. The van der Waals surface area contributed by atoms with Crippen LogP contribution in [-0.2, 0) is 10.2 Å². The summed E-state index contributed by atoms with van der Waals surface area (Å²) in [5, 5.41) is 3.15. The quantitative estimate of drug-likeness (QED) is 0.633. The minimum Gasteiger partial charge on any atom is -0.354 e. The fourth-order valence-corrected chi connectivity index (χ4v) is 3.84. The SMILES string of the molecule is Cc1ccc(SCCNC(=O)C2(c3ccccc3)CCC2)cc1. The summed E-state index contributed by atoms with van der Waals surface area (Å²) < 4.78 is 0. The first-order valence-corrected chi connectivity index (χ1v) is 9.23. The van der Waals surface area contributed by atoms with Gasteiger partial charge in [0.15, 0.2) is 0 Å². The summed E-state index contributed by atoms with van der Waals surface area (Å²) in [7, 11) is 0. The van der Waals surface area contributed by atoms with Crippen LogP contribution in [0.3, 0.4) is 0 Å². The third kappa shape index (κ3) is 3.61. The molecule has 0 atom stereocenters. The van der Waals surface area contributed by atoms with Crippen molar-refractivity contribution in [2.24, 2.45) is 0 Å². The molecule has 0 bridgehead atoms. The van der Waals surface area contributed by atoms with Crippen molar-refractivity contribution in [3.05, 3.63) is 65.7 Å². The van der Waals surface area contributed by atoms with Gasteiger partial charge in [-0.2, -0.15) is 0 Å². The highest BCUT2D eigenvalue weighted by Gasteiger charge is 2.45. The molecule has 1 N–H and O–H groups in total. The fraction of sp³-hybridized carbons (Fsp3) is 0.350. The van der Waals surface area contributed by atoms with Gasteiger partial charge < -0.3 is 5.32 Å². The summed E-state index contributed by atoms with van der Waals surface area (Å²) in [6, 6.07) is 18.7. The monoisotopic (exact) mass is 325 g/mol. The Hall–Kier alpha value is -1.74. The second-order valence-corrected chi connectivity index (χ2v) is 7.39. The summed E-state index contributed by atoms with van der Waals surface area (Å²) >= 11 is 1.79. The summed E-state index contributed by atoms with van der Waals surface area (Å²) in [6.07, 6.45) is 3.07. The number of rotatable bonds is 6. The van der Waals surface area contributed by atoms with Crippen LogP contribution in [0, 0.1) is 6.92 Å². The van der Waals surface area contributed by atoms with Gasteiger partial charge in [-0.05, 0) is 37.5 Å². The van der Waals surface area contributed by atoms with Crippen molar-refractivity contribution in [3.63, 3.8) is 0 Å². The molecule has 1 saturated carbocycles. The van der Waals surface area contributed by atoms with E-state index in [0.717, 1.165) is 30.6 Å². The molecule has 1 fully saturated rings. The lowest BCUT2D eigenvalue weighted by molar-refractivity contribution is -0.129. The molecule has 0 aliphatic heterocycles. The van der Waals surface area contributed by atoms with Crippen LogP contribution in [0.2, 0.25) is 0 Å². The Kier molecular flexibility index (Phi) is 5.06. The van der Waals surface area contributed by atoms with Gasteiger partial charge >= 0.3 is 0 Å². The minimum absolute atomic E-state index is 0.194. The third-order valence-corrected chi connectivity index (χ3v) is 5.66. The molecule has 1 aliphatic carbocycles. The van der Waals surface area contributed by atoms with Crippen LogP contribution in [0.1, 0.15) is 30.4 Å². The summed E-state index contributed by atoms with van der Waals surface area (Å²) in [5.74, 6) is 1.10. The first-order chi connectivity index (χ1) is 11.2. The Morgan fingerprint density at radius 3 is 2.39 bits per heavy atom.